The van der Waals surface area contributed by atoms with Crippen LogP contribution in [0.15, 0.2) is 24.3 Å². The molecular formula is C14H18N2O4. The molecule has 3 N–H and O–H groups in total. The standard InChI is InChI=1S/C14H18N2O4/c1-3-15-12(17)8-10-4-6-11(7-5-10)16-13(18)9(2)14(19)20/h4-7,9H,3,8H2,1-2H3,(H,15,17)(H,16,18)(H,19,20). The largest absolute Gasteiger partial charge is 0.481 e. The first-order valence-electron chi connectivity index (χ1n) is 6.33. The third-order valence-electron chi connectivity index (χ3n) is 2.72. The lowest BCUT2D eigenvalue weighted by Crippen LogP contribution is -2.27. The van der Waals surface area contributed by atoms with Crippen LogP contribution in [-0.4, -0.2) is 29.4 Å². The van der Waals surface area contributed by atoms with E-state index in [2.05, 4.69) is 10.6 Å². The maximum atomic E-state index is 11.5. The van der Waals surface area contributed by atoms with Crippen LogP contribution in [0.1, 0.15) is 19.4 Å². The average Bonchev–Trinajstić information content (AvgIpc) is 2.40. The van der Waals surface area contributed by atoms with E-state index in [9.17, 15) is 14.4 Å². The molecule has 1 unspecified atom stereocenters. The van der Waals surface area contributed by atoms with Gasteiger partial charge < -0.3 is 15.7 Å². The van der Waals surface area contributed by atoms with Crippen LogP contribution >= 0.6 is 0 Å². The summed E-state index contributed by atoms with van der Waals surface area (Å²) in [6, 6.07) is 6.72. The topological polar surface area (TPSA) is 95.5 Å². The average molecular weight is 278 g/mol. The fourth-order valence-electron chi connectivity index (χ4n) is 1.51. The molecule has 1 aromatic rings. The quantitative estimate of drug-likeness (QED) is 0.677. The summed E-state index contributed by atoms with van der Waals surface area (Å²) < 4.78 is 0. The molecule has 0 fully saturated rings. The van der Waals surface area contributed by atoms with Crippen molar-refractivity contribution in [2.45, 2.75) is 20.3 Å². The molecule has 0 aliphatic rings. The molecule has 0 aliphatic carbocycles. The molecule has 0 spiro atoms. The molecule has 0 saturated carbocycles. The van der Waals surface area contributed by atoms with Crippen molar-refractivity contribution in [3.05, 3.63) is 29.8 Å². The van der Waals surface area contributed by atoms with Crippen LogP contribution in [0.25, 0.3) is 0 Å². The number of aliphatic carboxylic acids is 1. The molecule has 0 radical (unpaired) electrons. The van der Waals surface area contributed by atoms with Crippen LogP contribution in [-0.2, 0) is 20.8 Å². The van der Waals surface area contributed by atoms with E-state index in [1.165, 1.54) is 6.92 Å². The summed E-state index contributed by atoms with van der Waals surface area (Å²) >= 11 is 0. The van der Waals surface area contributed by atoms with Crippen molar-refractivity contribution in [1.82, 2.24) is 5.32 Å². The number of anilines is 1. The number of benzene rings is 1. The van der Waals surface area contributed by atoms with Gasteiger partial charge >= 0.3 is 5.97 Å². The van der Waals surface area contributed by atoms with E-state index in [-0.39, 0.29) is 12.3 Å². The maximum absolute atomic E-state index is 11.5. The maximum Gasteiger partial charge on any atom is 0.315 e. The van der Waals surface area contributed by atoms with Gasteiger partial charge in [0.2, 0.25) is 11.8 Å². The minimum absolute atomic E-state index is 0.0659. The molecule has 6 heteroatoms. The number of hydrogen-bond donors (Lipinski definition) is 3. The zero-order valence-electron chi connectivity index (χ0n) is 11.5. The van der Waals surface area contributed by atoms with Crippen molar-refractivity contribution in [2.75, 3.05) is 11.9 Å². The number of nitrogens with one attached hydrogen (secondary N) is 2. The monoisotopic (exact) mass is 278 g/mol. The number of carboxylic acids is 1. The SMILES string of the molecule is CCNC(=O)Cc1ccc(NC(=O)C(C)C(=O)O)cc1. The van der Waals surface area contributed by atoms with Crippen LogP contribution in [0.2, 0.25) is 0 Å². The Hall–Kier alpha value is -2.37. The zero-order valence-corrected chi connectivity index (χ0v) is 11.5. The van der Waals surface area contributed by atoms with E-state index in [1.54, 1.807) is 24.3 Å². The normalized spacial score (nSPS) is 11.5. The summed E-state index contributed by atoms with van der Waals surface area (Å²) in [6.45, 7) is 3.75. The smallest absolute Gasteiger partial charge is 0.315 e. The van der Waals surface area contributed by atoms with E-state index in [4.69, 9.17) is 5.11 Å². The number of amides is 2. The van der Waals surface area contributed by atoms with Crippen LogP contribution in [0.5, 0.6) is 0 Å². The molecular weight excluding hydrogens is 260 g/mol. The number of rotatable bonds is 6. The molecule has 1 atom stereocenters. The minimum atomic E-state index is -1.17. The second-order valence-electron chi connectivity index (χ2n) is 4.38. The molecule has 0 heterocycles. The fraction of sp³-hybridized carbons (Fsp3) is 0.357. The van der Waals surface area contributed by atoms with E-state index in [1.807, 2.05) is 6.92 Å². The highest BCUT2D eigenvalue weighted by Crippen LogP contribution is 2.11. The summed E-state index contributed by atoms with van der Waals surface area (Å²) in [5.74, 6) is -2.92. The zero-order chi connectivity index (χ0) is 15.1. The lowest BCUT2D eigenvalue weighted by Gasteiger charge is -2.09. The van der Waals surface area contributed by atoms with E-state index in [0.717, 1.165) is 5.56 Å². The van der Waals surface area contributed by atoms with Crippen molar-refractivity contribution in [3.8, 4) is 0 Å². The van der Waals surface area contributed by atoms with Crippen molar-refractivity contribution in [1.29, 1.82) is 0 Å². The predicted octanol–water partition coefficient (Wildman–Crippen LogP) is 1.02. The van der Waals surface area contributed by atoms with Crippen LogP contribution < -0.4 is 10.6 Å². The molecule has 6 nitrogen and oxygen atoms in total. The molecule has 108 valence electrons. The number of carbonyl (C=O) groups is 3. The van der Waals surface area contributed by atoms with Gasteiger partial charge in [-0.15, -0.1) is 0 Å². The third kappa shape index (κ3) is 4.72. The van der Waals surface area contributed by atoms with E-state index < -0.39 is 17.8 Å². The van der Waals surface area contributed by atoms with Crippen molar-refractivity contribution in [3.63, 3.8) is 0 Å². The Labute approximate surface area is 117 Å². The van der Waals surface area contributed by atoms with Gasteiger partial charge in [0.05, 0.1) is 6.42 Å². The Balaban J connectivity index is 2.61. The van der Waals surface area contributed by atoms with Gasteiger partial charge in [-0.3, -0.25) is 14.4 Å². The van der Waals surface area contributed by atoms with Crippen LogP contribution in [0.3, 0.4) is 0 Å². The van der Waals surface area contributed by atoms with Gasteiger partial charge in [-0.1, -0.05) is 12.1 Å². The van der Waals surface area contributed by atoms with E-state index >= 15 is 0 Å². The number of carbonyl (C=O) groups excluding carboxylic acids is 2. The molecule has 0 aromatic heterocycles. The Morgan fingerprint density at radius 3 is 2.30 bits per heavy atom. The lowest BCUT2D eigenvalue weighted by atomic mass is 10.1. The van der Waals surface area contributed by atoms with Crippen molar-refractivity contribution in [2.24, 2.45) is 5.92 Å². The van der Waals surface area contributed by atoms with Gasteiger partial charge in [0.25, 0.3) is 0 Å². The fourth-order valence-corrected chi connectivity index (χ4v) is 1.51. The number of hydrogen-bond acceptors (Lipinski definition) is 3. The van der Waals surface area contributed by atoms with Crippen molar-refractivity contribution < 1.29 is 19.5 Å². The number of likely N-dealkylation sites (N-methyl/N-ethyl adjacent to an activating group) is 1. The van der Waals surface area contributed by atoms with Gasteiger partial charge in [0.1, 0.15) is 5.92 Å². The molecule has 0 saturated heterocycles. The molecule has 20 heavy (non-hydrogen) atoms. The predicted molar refractivity (Wildman–Crippen MR) is 74.3 cm³/mol. The van der Waals surface area contributed by atoms with Gasteiger partial charge in [-0.05, 0) is 31.5 Å². The molecule has 2 amide bonds. The second kappa shape index (κ2) is 7.28. The summed E-state index contributed by atoms with van der Waals surface area (Å²) in [7, 11) is 0. The Morgan fingerprint density at radius 1 is 1.20 bits per heavy atom. The van der Waals surface area contributed by atoms with Gasteiger partial charge in [-0.2, -0.15) is 0 Å². The second-order valence-corrected chi connectivity index (χ2v) is 4.38. The van der Waals surface area contributed by atoms with Crippen LogP contribution in [0.4, 0.5) is 5.69 Å². The molecule has 1 aromatic carbocycles. The highest BCUT2D eigenvalue weighted by Gasteiger charge is 2.20. The summed E-state index contributed by atoms with van der Waals surface area (Å²) in [5.41, 5.74) is 1.32. The molecule has 0 aliphatic heterocycles. The van der Waals surface area contributed by atoms with Gasteiger partial charge in [0.15, 0.2) is 0 Å². The number of carboxylic acid groups (broad SMARTS) is 1. The molecule has 0 bridgehead atoms. The van der Waals surface area contributed by atoms with Gasteiger partial charge in [0, 0.05) is 12.2 Å². The minimum Gasteiger partial charge on any atom is -0.481 e. The van der Waals surface area contributed by atoms with Crippen molar-refractivity contribution >= 4 is 23.5 Å². The third-order valence-corrected chi connectivity index (χ3v) is 2.72. The Morgan fingerprint density at radius 2 is 1.80 bits per heavy atom. The summed E-state index contributed by atoms with van der Waals surface area (Å²) in [5, 5.41) is 13.9. The first-order valence-corrected chi connectivity index (χ1v) is 6.33. The Kier molecular flexibility index (Phi) is 5.71. The first kappa shape index (κ1) is 15.7. The van der Waals surface area contributed by atoms with Crippen LogP contribution in [0, 0.1) is 5.92 Å². The van der Waals surface area contributed by atoms with E-state index in [0.29, 0.717) is 12.2 Å². The van der Waals surface area contributed by atoms with Gasteiger partial charge in [-0.25, -0.2) is 0 Å². The Bertz CT molecular complexity index is 496. The molecule has 1 rings (SSSR count). The lowest BCUT2D eigenvalue weighted by molar-refractivity contribution is -0.144. The highest BCUT2D eigenvalue weighted by molar-refractivity contribution is 6.03. The summed E-state index contributed by atoms with van der Waals surface area (Å²) in [4.78, 5) is 33.6. The first-order chi connectivity index (χ1) is 9.43. The summed E-state index contributed by atoms with van der Waals surface area (Å²) in [6.07, 6.45) is 0.271. The highest BCUT2D eigenvalue weighted by atomic mass is 16.4.